The predicted molar refractivity (Wildman–Crippen MR) is 96.2 cm³/mol. The number of nitrogens with zero attached hydrogens (tertiary/aromatic N) is 3. The number of anilines is 3. The number of benzene rings is 1. The van der Waals surface area contributed by atoms with Crippen LogP contribution in [0.5, 0.6) is 0 Å². The minimum atomic E-state index is -0.654. The second kappa shape index (κ2) is 6.53. The van der Waals surface area contributed by atoms with Crippen molar-refractivity contribution in [3.8, 4) is 0 Å². The van der Waals surface area contributed by atoms with E-state index < -0.39 is 11.6 Å². The van der Waals surface area contributed by atoms with E-state index in [-0.39, 0.29) is 12.0 Å². The van der Waals surface area contributed by atoms with Gasteiger partial charge in [0.2, 0.25) is 0 Å². The fourth-order valence-electron chi connectivity index (χ4n) is 3.69. The third-order valence-corrected chi connectivity index (χ3v) is 4.92. The lowest BCUT2D eigenvalue weighted by atomic mass is 9.81. The Morgan fingerprint density at radius 2 is 1.77 bits per heavy atom. The molecule has 1 aliphatic rings. The Kier molecular flexibility index (Phi) is 4.20. The van der Waals surface area contributed by atoms with Crippen LogP contribution in [-0.4, -0.2) is 20.6 Å². The van der Waals surface area contributed by atoms with Crippen molar-refractivity contribution in [1.29, 1.82) is 0 Å². The maximum absolute atomic E-state index is 13.6. The summed E-state index contributed by atoms with van der Waals surface area (Å²) in [5, 5.41) is 7.50. The highest BCUT2D eigenvalue weighted by atomic mass is 19.1. The molecule has 0 unspecified atom stereocenters. The molecule has 3 aromatic rings. The van der Waals surface area contributed by atoms with E-state index in [1.54, 1.807) is 16.9 Å². The van der Waals surface area contributed by atoms with Gasteiger partial charge in [-0.15, -0.1) is 5.10 Å². The number of nitrogen functional groups attached to an aromatic ring is 1. The molecule has 0 saturated heterocycles. The molecule has 1 saturated carbocycles. The Morgan fingerprint density at radius 3 is 2.46 bits per heavy atom. The lowest BCUT2D eigenvalue weighted by Crippen LogP contribution is -2.26. The molecular formula is C18H20F2N6. The van der Waals surface area contributed by atoms with Crippen LogP contribution in [0.2, 0.25) is 0 Å². The van der Waals surface area contributed by atoms with Crippen LogP contribution in [0.4, 0.5) is 26.0 Å². The van der Waals surface area contributed by atoms with E-state index in [1.807, 2.05) is 0 Å². The zero-order chi connectivity index (χ0) is 18.3. The summed E-state index contributed by atoms with van der Waals surface area (Å²) in [7, 11) is 0. The van der Waals surface area contributed by atoms with Crippen molar-refractivity contribution in [1.82, 2.24) is 14.6 Å². The molecule has 2 aromatic heterocycles. The zero-order valence-corrected chi connectivity index (χ0v) is 14.1. The molecule has 2 heterocycles. The molecule has 0 spiro atoms. The zero-order valence-electron chi connectivity index (χ0n) is 14.1. The van der Waals surface area contributed by atoms with Gasteiger partial charge in [0.05, 0.1) is 5.69 Å². The van der Waals surface area contributed by atoms with Crippen LogP contribution in [0, 0.1) is 11.6 Å². The molecule has 6 nitrogen and oxygen atoms in total. The fourth-order valence-corrected chi connectivity index (χ4v) is 3.69. The van der Waals surface area contributed by atoms with Crippen molar-refractivity contribution in [2.24, 2.45) is 5.73 Å². The maximum Gasteiger partial charge on any atom is 0.177 e. The number of nitrogens with one attached hydrogen (secondary N) is 1. The van der Waals surface area contributed by atoms with Crippen molar-refractivity contribution < 1.29 is 8.78 Å². The van der Waals surface area contributed by atoms with E-state index in [0.717, 1.165) is 37.3 Å². The SMILES string of the molecule is Nc1nn2ccnc2c(Nc2cc(F)cc(F)c2)c1[C@H]1CC[C@H](N)CC1. The predicted octanol–water partition coefficient (Wildman–Crippen LogP) is 3.32. The summed E-state index contributed by atoms with van der Waals surface area (Å²) in [6.07, 6.45) is 6.87. The van der Waals surface area contributed by atoms with Crippen molar-refractivity contribution in [3.63, 3.8) is 0 Å². The normalized spacial score (nSPS) is 20.4. The topological polar surface area (TPSA) is 94.3 Å². The second-order valence-electron chi connectivity index (χ2n) is 6.76. The van der Waals surface area contributed by atoms with Crippen LogP contribution in [0.15, 0.2) is 30.6 Å². The number of fused-ring (bicyclic) bond motifs is 1. The van der Waals surface area contributed by atoms with E-state index in [2.05, 4.69) is 15.4 Å². The van der Waals surface area contributed by atoms with Crippen LogP contribution in [0.1, 0.15) is 37.2 Å². The summed E-state index contributed by atoms with van der Waals surface area (Å²) in [4.78, 5) is 4.34. The van der Waals surface area contributed by atoms with E-state index >= 15 is 0 Å². The number of hydrogen-bond acceptors (Lipinski definition) is 5. The number of imidazole rings is 1. The van der Waals surface area contributed by atoms with Gasteiger partial charge in [0.25, 0.3) is 0 Å². The average Bonchev–Trinajstić information content (AvgIpc) is 3.03. The van der Waals surface area contributed by atoms with E-state index in [4.69, 9.17) is 11.5 Å². The quantitative estimate of drug-likeness (QED) is 0.668. The first kappa shape index (κ1) is 16.7. The Labute approximate surface area is 149 Å². The molecule has 0 atom stereocenters. The lowest BCUT2D eigenvalue weighted by Gasteiger charge is -2.28. The Morgan fingerprint density at radius 1 is 1.08 bits per heavy atom. The molecule has 0 amide bonds. The van der Waals surface area contributed by atoms with Gasteiger partial charge < -0.3 is 16.8 Å². The highest BCUT2D eigenvalue weighted by Crippen LogP contribution is 2.41. The van der Waals surface area contributed by atoms with Gasteiger partial charge in [-0.25, -0.2) is 18.3 Å². The summed E-state index contributed by atoms with van der Waals surface area (Å²) < 4.78 is 28.8. The lowest BCUT2D eigenvalue weighted by molar-refractivity contribution is 0.396. The van der Waals surface area contributed by atoms with Gasteiger partial charge in [-0.05, 0) is 43.7 Å². The third kappa shape index (κ3) is 3.08. The molecule has 1 fully saturated rings. The summed E-state index contributed by atoms with van der Waals surface area (Å²) in [5.74, 6) is -0.751. The van der Waals surface area contributed by atoms with Gasteiger partial charge in [0.1, 0.15) is 17.5 Å². The van der Waals surface area contributed by atoms with Gasteiger partial charge in [-0.3, -0.25) is 0 Å². The summed E-state index contributed by atoms with van der Waals surface area (Å²) in [6.45, 7) is 0. The molecule has 0 bridgehead atoms. The molecule has 0 aliphatic heterocycles. The highest BCUT2D eigenvalue weighted by molar-refractivity contribution is 5.80. The Bertz CT molecular complexity index is 926. The van der Waals surface area contributed by atoms with E-state index in [9.17, 15) is 8.78 Å². The molecule has 8 heteroatoms. The van der Waals surface area contributed by atoms with Gasteiger partial charge in [0.15, 0.2) is 5.65 Å². The third-order valence-electron chi connectivity index (χ3n) is 4.92. The maximum atomic E-state index is 13.6. The van der Waals surface area contributed by atoms with Crippen molar-refractivity contribution in [3.05, 3.63) is 47.8 Å². The molecule has 1 aromatic carbocycles. The summed E-state index contributed by atoms with van der Waals surface area (Å²) >= 11 is 0. The van der Waals surface area contributed by atoms with Crippen molar-refractivity contribution >= 4 is 22.8 Å². The summed E-state index contributed by atoms with van der Waals surface area (Å²) in [6, 6.07) is 3.50. The highest BCUT2D eigenvalue weighted by Gasteiger charge is 2.27. The van der Waals surface area contributed by atoms with Crippen LogP contribution < -0.4 is 16.8 Å². The van der Waals surface area contributed by atoms with Gasteiger partial charge in [-0.2, -0.15) is 0 Å². The van der Waals surface area contributed by atoms with Crippen molar-refractivity contribution in [2.45, 2.75) is 37.6 Å². The van der Waals surface area contributed by atoms with Gasteiger partial charge >= 0.3 is 0 Å². The molecule has 136 valence electrons. The molecule has 4 rings (SSSR count). The smallest absolute Gasteiger partial charge is 0.177 e. The van der Waals surface area contributed by atoms with Crippen LogP contribution in [0.3, 0.4) is 0 Å². The monoisotopic (exact) mass is 358 g/mol. The Hall–Kier alpha value is -2.74. The van der Waals surface area contributed by atoms with Crippen LogP contribution in [-0.2, 0) is 0 Å². The Balaban J connectivity index is 1.82. The molecular weight excluding hydrogens is 338 g/mol. The first-order chi connectivity index (χ1) is 12.5. The number of nitrogens with two attached hydrogens (primary N) is 2. The van der Waals surface area contributed by atoms with Crippen molar-refractivity contribution in [2.75, 3.05) is 11.1 Å². The van der Waals surface area contributed by atoms with Crippen LogP contribution >= 0.6 is 0 Å². The molecule has 0 radical (unpaired) electrons. The van der Waals surface area contributed by atoms with Gasteiger partial charge in [0, 0.05) is 35.8 Å². The number of hydrogen-bond donors (Lipinski definition) is 3. The number of aromatic nitrogens is 3. The van der Waals surface area contributed by atoms with E-state index in [0.29, 0.717) is 22.8 Å². The second-order valence-corrected chi connectivity index (χ2v) is 6.76. The first-order valence-corrected chi connectivity index (χ1v) is 8.62. The minimum Gasteiger partial charge on any atom is -0.382 e. The minimum absolute atomic E-state index is 0.171. The summed E-state index contributed by atoms with van der Waals surface area (Å²) in [5.41, 5.74) is 14.6. The largest absolute Gasteiger partial charge is 0.382 e. The first-order valence-electron chi connectivity index (χ1n) is 8.62. The molecule has 26 heavy (non-hydrogen) atoms. The number of halogens is 2. The average molecular weight is 358 g/mol. The van der Waals surface area contributed by atoms with E-state index in [1.165, 1.54) is 12.1 Å². The van der Waals surface area contributed by atoms with Crippen LogP contribution in [0.25, 0.3) is 5.65 Å². The molecule has 1 aliphatic carbocycles. The number of rotatable bonds is 3. The standard InChI is InChI=1S/C18H20F2N6/c19-11-7-12(20)9-14(8-11)24-16-15(10-1-3-13(21)4-2-10)17(22)25-26-6-5-23-18(16)26/h5-10,13,24H,1-4,21H2,(H2,22,25)/t10-,13-. The molecule has 5 N–H and O–H groups in total. The van der Waals surface area contributed by atoms with Gasteiger partial charge in [-0.1, -0.05) is 0 Å². The fraction of sp³-hybridized carbons (Fsp3) is 0.333.